The maximum Gasteiger partial charge on any atom is 0.179 e. The summed E-state index contributed by atoms with van der Waals surface area (Å²) in [5, 5.41) is 1.96. The summed E-state index contributed by atoms with van der Waals surface area (Å²) in [5.41, 5.74) is 14.8. The van der Waals surface area contributed by atoms with E-state index < -0.39 is 0 Å². The van der Waals surface area contributed by atoms with Crippen LogP contribution in [0.3, 0.4) is 0 Å². The number of nitrogens with two attached hydrogens (primary N) is 2. The Balaban J connectivity index is 0.000000810. The summed E-state index contributed by atoms with van der Waals surface area (Å²) < 4.78 is 0. The van der Waals surface area contributed by atoms with E-state index in [1.54, 1.807) is 18.2 Å². The van der Waals surface area contributed by atoms with Gasteiger partial charge in [0.25, 0.3) is 0 Å². The fraction of sp³-hybridized carbons (Fsp3) is 0. The molecule has 0 atom stereocenters. The summed E-state index contributed by atoms with van der Waals surface area (Å²) in [4.78, 5) is 11.3. The van der Waals surface area contributed by atoms with Crippen molar-refractivity contribution < 1.29 is 4.79 Å². The highest BCUT2D eigenvalue weighted by atomic mass is 35.5. The molecule has 0 amide bonds. The number of fused-ring (bicyclic) bond motifs is 2. The molecular formula is C13H12Cl2N2O. The van der Waals surface area contributed by atoms with E-state index >= 15 is 0 Å². The Labute approximate surface area is 116 Å². The quantitative estimate of drug-likeness (QED) is 0.689. The standard InChI is InChI=1S/C13H10N2O.2ClH/c14-12-4-3-10-9-2-1-8(16)5-7(9)6-11(10)13(12)15;;/h1-6H,14-15H2;2*1H. The van der Waals surface area contributed by atoms with E-state index in [-0.39, 0.29) is 30.6 Å². The minimum Gasteiger partial charge on any atom is -0.397 e. The van der Waals surface area contributed by atoms with Crippen molar-refractivity contribution in [2.24, 2.45) is 0 Å². The predicted octanol–water partition coefficient (Wildman–Crippen LogP) is 0.705. The number of halogens is 2. The molecule has 0 aromatic heterocycles. The van der Waals surface area contributed by atoms with Crippen LogP contribution >= 0.6 is 24.8 Å². The van der Waals surface area contributed by atoms with E-state index in [0.29, 0.717) is 11.4 Å². The molecular weight excluding hydrogens is 271 g/mol. The van der Waals surface area contributed by atoms with Gasteiger partial charge in [-0.2, -0.15) is 0 Å². The zero-order valence-electron chi connectivity index (χ0n) is 9.34. The van der Waals surface area contributed by atoms with Crippen LogP contribution in [0.2, 0.25) is 0 Å². The number of benzene rings is 1. The molecule has 0 saturated heterocycles. The number of hydrogen-bond donors (Lipinski definition) is 2. The van der Waals surface area contributed by atoms with Crippen molar-refractivity contribution in [2.45, 2.75) is 0 Å². The molecule has 0 bridgehead atoms. The van der Waals surface area contributed by atoms with Crippen LogP contribution in [-0.4, -0.2) is 5.78 Å². The van der Waals surface area contributed by atoms with E-state index in [9.17, 15) is 4.79 Å². The Bertz CT molecular complexity index is 702. The average molecular weight is 283 g/mol. The van der Waals surface area contributed by atoms with Gasteiger partial charge in [0.15, 0.2) is 5.78 Å². The van der Waals surface area contributed by atoms with Gasteiger partial charge in [-0.15, -0.1) is 24.8 Å². The van der Waals surface area contributed by atoms with Gasteiger partial charge in [0, 0.05) is 5.22 Å². The molecule has 1 aromatic rings. The molecule has 1 aromatic carbocycles. The van der Waals surface area contributed by atoms with Gasteiger partial charge in [0.1, 0.15) is 0 Å². The van der Waals surface area contributed by atoms with E-state index in [1.165, 1.54) is 0 Å². The Kier molecular flexibility index (Phi) is 3.89. The van der Waals surface area contributed by atoms with Crippen molar-refractivity contribution in [3.63, 3.8) is 0 Å². The van der Waals surface area contributed by atoms with Crippen LogP contribution in [0, 0.1) is 0 Å². The molecule has 4 N–H and O–H groups in total. The molecule has 0 spiro atoms. The average Bonchev–Trinajstić information content (AvgIpc) is 2.62. The van der Waals surface area contributed by atoms with Crippen LogP contribution in [-0.2, 0) is 4.79 Å². The highest BCUT2D eigenvalue weighted by molar-refractivity contribution is 6.10. The lowest BCUT2D eigenvalue weighted by atomic mass is 10.0. The van der Waals surface area contributed by atoms with Crippen LogP contribution in [0.1, 0.15) is 0 Å². The van der Waals surface area contributed by atoms with Gasteiger partial charge in [-0.05, 0) is 46.7 Å². The zero-order valence-corrected chi connectivity index (χ0v) is 11.0. The van der Waals surface area contributed by atoms with Gasteiger partial charge in [-0.3, -0.25) is 4.79 Å². The summed E-state index contributed by atoms with van der Waals surface area (Å²) in [5.74, 6) is 0.00866. The van der Waals surface area contributed by atoms with E-state index in [4.69, 9.17) is 11.5 Å². The summed E-state index contributed by atoms with van der Waals surface area (Å²) in [6.07, 6.45) is 6.92. The van der Waals surface area contributed by atoms with E-state index in [2.05, 4.69) is 0 Å². The molecule has 0 saturated carbocycles. The molecule has 2 aliphatic rings. The van der Waals surface area contributed by atoms with Crippen LogP contribution in [0.25, 0.3) is 11.6 Å². The Morgan fingerprint density at radius 1 is 0.944 bits per heavy atom. The minimum atomic E-state index is 0. The monoisotopic (exact) mass is 282 g/mol. The Hall–Kier alpha value is -1.71. The second kappa shape index (κ2) is 4.88. The Morgan fingerprint density at radius 2 is 1.67 bits per heavy atom. The third kappa shape index (κ3) is 1.92. The van der Waals surface area contributed by atoms with Gasteiger partial charge < -0.3 is 11.5 Å². The van der Waals surface area contributed by atoms with Crippen molar-refractivity contribution in [1.82, 2.24) is 0 Å². The second-order valence-corrected chi connectivity index (χ2v) is 3.92. The van der Waals surface area contributed by atoms with Crippen molar-refractivity contribution in [1.29, 1.82) is 0 Å². The van der Waals surface area contributed by atoms with Crippen molar-refractivity contribution in [2.75, 3.05) is 11.5 Å². The van der Waals surface area contributed by atoms with E-state index in [0.717, 1.165) is 21.6 Å². The number of rotatable bonds is 0. The molecule has 94 valence electrons. The molecule has 3 nitrogen and oxygen atoms in total. The number of carbonyl (C=O) groups excluding carboxylic acids is 1. The lowest BCUT2D eigenvalue weighted by molar-refractivity contribution is -0.110. The summed E-state index contributed by atoms with van der Waals surface area (Å²) in [7, 11) is 0. The lowest BCUT2D eigenvalue weighted by Gasteiger charge is -2.02. The number of carbonyl (C=O) groups is 1. The normalized spacial score (nSPS) is 14.8. The molecule has 0 unspecified atom stereocenters. The van der Waals surface area contributed by atoms with Crippen LogP contribution in [0.5, 0.6) is 0 Å². The van der Waals surface area contributed by atoms with Crippen molar-refractivity contribution in [3.8, 4) is 0 Å². The molecule has 2 aliphatic carbocycles. The topological polar surface area (TPSA) is 69.1 Å². The van der Waals surface area contributed by atoms with Gasteiger partial charge >= 0.3 is 0 Å². The first-order valence-electron chi connectivity index (χ1n) is 5.01. The molecule has 0 aliphatic heterocycles. The van der Waals surface area contributed by atoms with E-state index in [1.807, 2.05) is 18.2 Å². The number of anilines is 2. The molecule has 3 rings (SSSR count). The van der Waals surface area contributed by atoms with Crippen molar-refractivity contribution >= 4 is 53.6 Å². The number of nitrogen functional groups attached to an aromatic ring is 2. The van der Waals surface area contributed by atoms with Crippen molar-refractivity contribution in [3.05, 3.63) is 46.4 Å². The number of hydrogen-bond acceptors (Lipinski definition) is 3. The SMILES string of the molecule is Cl.Cl.Nc1ccc2c(c1N)=CC1=CC(=O)C=CC=21. The maximum atomic E-state index is 11.3. The number of allylic oxidation sites excluding steroid dienone is 4. The first kappa shape index (κ1) is 14.4. The highest BCUT2D eigenvalue weighted by Gasteiger charge is 2.15. The zero-order chi connectivity index (χ0) is 11.3. The fourth-order valence-corrected chi connectivity index (χ4v) is 2.10. The third-order valence-corrected chi connectivity index (χ3v) is 2.93. The Morgan fingerprint density at radius 3 is 2.39 bits per heavy atom. The molecule has 18 heavy (non-hydrogen) atoms. The lowest BCUT2D eigenvalue weighted by Crippen LogP contribution is -2.27. The van der Waals surface area contributed by atoms with Gasteiger partial charge in [0.2, 0.25) is 0 Å². The van der Waals surface area contributed by atoms with Gasteiger partial charge in [-0.1, -0.05) is 6.07 Å². The summed E-state index contributed by atoms with van der Waals surface area (Å²) in [6.45, 7) is 0. The van der Waals surface area contributed by atoms with Gasteiger partial charge in [-0.25, -0.2) is 0 Å². The largest absolute Gasteiger partial charge is 0.397 e. The maximum absolute atomic E-state index is 11.3. The van der Waals surface area contributed by atoms with Gasteiger partial charge in [0.05, 0.1) is 11.4 Å². The van der Waals surface area contributed by atoms with Crippen LogP contribution < -0.4 is 21.9 Å². The first-order valence-corrected chi connectivity index (χ1v) is 5.01. The van der Waals surface area contributed by atoms with Crippen LogP contribution in [0.4, 0.5) is 11.4 Å². The summed E-state index contributed by atoms with van der Waals surface area (Å²) >= 11 is 0. The summed E-state index contributed by atoms with van der Waals surface area (Å²) in [6, 6.07) is 3.73. The highest BCUT2D eigenvalue weighted by Crippen LogP contribution is 2.21. The first-order chi connectivity index (χ1) is 7.66. The predicted molar refractivity (Wildman–Crippen MR) is 79.1 cm³/mol. The molecule has 0 heterocycles. The second-order valence-electron chi connectivity index (χ2n) is 3.92. The number of ketones is 1. The molecule has 0 radical (unpaired) electrons. The molecule has 5 heteroatoms. The molecule has 0 fully saturated rings. The smallest absolute Gasteiger partial charge is 0.179 e. The third-order valence-electron chi connectivity index (χ3n) is 2.93. The minimum absolute atomic E-state index is 0. The fourth-order valence-electron chi connectivity index (χ4n) is 2.10. The van der Waals surface area contributed by atoms with Crippen LogP contribution in [0.15, 0.2) is 35.9 Å².